The highest BCUT2D eigenvalue weighted by Gasteiger charge is 2.24. The van der Waals surface area contributed by atoms with Crippen molar-refractivity contribution in [2.45, 2.75) is 38.1 Å². The van der Waals surface area contributed by atoms with Gasteiger partial charge in [0.15, 0.2) is 0 Å². The summed E-state index contributed by atoms with van der Waals surface area (Å²) in [6.07, 6.45) is 5.88. The fraction of sp³-hybridized carbons (Fsp3) is 0.500. The minimum absolute atomic E-state index is 0. The van der Waals surface area contributed by atoms with Gasteiger partial charge in [0, 0.05) is 18.8 Å². The smallest absolute Gasteiger partial charge is 0.255 e. The monoisotopic (exact) mass is 302 g/mol. The molecular weight excluding hydrogens is 283 g/mol. The Morgan fingerprint density at radius 3 is 2.53 bits per heavy atom. The van der Waals surface area contributed by atoms with Crippen LogP contribution in [0.25, 0.3) is 0 Å². The van der Waals surface area contributed by atoms with Gasteiger partial charge in [-0.25, -0.2) is 0 Å². The fourth-order valence-corrected chi connectivity index (χ4v) is 2.80. The highest BCUT2D eigenvalue weighted by atomic mass is 35.5. The Hall–Kier alpha value is -0.930. The van der Waals surface area contributed by atoms with Crippen LogP contribution >= 0.6 is 24.0 Å². The molecule has 2 rings (SSSR count). The summed E-state index contributed by atoms with van der Waals surface area (Å²) in [6.45, 7) is 0. The Balaban J connectivity index is 0.00000180. The predicted molar refractivity (Wildman–Crippen MR) is 82.1 cm³/mol. The molecule has 0 saturated heterocycles. The van der Waals surface area contributed by atoms with Crippen molar-refractivity contribution in [3.8, 4) is 0 Å². The lowest BCUT2D eigenvalue weighted by Gasteiger charge is -2.31. The summed E-state index contributed by atoms with van der Waals surface area (Å²) >= 11 is 6.08. The first-order valence-electron chi connectivity index (χ1n) is 6.42. The van der Waals surface area contributed by atoms with E-state index >= 15 is 0 Å². The van der Waals surface area contributed by atoms with Crippen molar-refractivity contribution < 1.29 is 4.79 Å². The number of hydrogen-bond donors (Lipinski definition) is 1. The van der Waals surface area contributed by atoms with Crippen molar-refractivity contribution in [2.75, 3.05) is 12.8 Å². The molecule has 1 aliphatic carbocycles. The van der Waals surface area contributed by atoms with Crippen molar-refractivity contribution >= 4 is 35.6 Å². The van der Waals surface area contributed by atoms with Gasteiger partial charge in [0.2, 0.25) is 0 Å². The number of nitrogens with two attached hydrogens (primary N) is 1. The lowest BCUT2D eigenvalue weighted by atomic mass is 9.94. The van der Waals surface area contributed by atoms with Crippen LogP contribution in [0.2, 0.25) is 5.02 Å². The molecule has 1 amide bonds. The number of nitrogen functional groups attached to an aromatic ring is 1. The zero-order chi connectivity index (χ0) is 13.1. The summed E-state index contributed by atoms with van der Waals surface area (Å²) in [5.41, 5.74) is 6.76. The summed E-state index contributed by atoms with van der Waals surface area (Å²) in [5, 5.41) is 0.433. The second kappa shape index (κ2) is 7.01. The van der Waals surface area contributed by atoms with Crippen LogP contribution in [0.1, 0.15) is 42.5 Å². The van der Waals surface area contributed by atoms with E-state index in [0.717, 1.165) is 12.8 Å². The van der Waals surface area contributed by atoms with Gasteiger partial charge in [-0.05, 0) is 31.0 Å². The first kappa shape index (κ1) is 16.1. The van der Waals surface area contributed by atoms with Crippen molar-refractivity contribution in [2.24, 2.45) is 0 Å². The molecule has 1 aromatic rings. The second-order valence-corrected chi connectivity index (χ2v) is 5.35. The number of nitrogens with zero attached hydrogens (tertiary/aromatic N) is 1. The van der Waals surface area contributed by atoms with Gasteiger partial charge in [-0.1, -0.05) is 30.9 Å². The highest BCUT2D eigenvalue weighted by Crippen LogP contribution is 2.25. The van der Waals surface area contributed by atoms with Gasteiger partial charge in [-0.15, -0.1) is 12.4 Å². The number of anilines is 1. The maximum Gasteiger partial charge on any atom is 0.255 e. The quantitative estimate of drug-likeness (QED) is 0.846. The molecule has 0 atom stereocenters. The Labute approximate surface area is 125 Å². The Morgan fingerprint density at radius 1 is 1.32 bits per heavy atom. The largest absolute Gasteiger partial charge is 0.399 e. The van der Waals surface area contributed by atoms with Crippen LogP contribution in [0.4, 0.5) is 5.69 Å². The third-order valence-electron chi connectivity index (χ3n) is 3.67. The van der Waals surface area contributed by atoms with Gasteiger partial charge in [-0.3, -0.25) is 4.79 Å². The van der Waals surface area contributed by atoms with Crippen molar-refractivity contribution in [3.05, 3.63) is 28.8 Å². The molecule has 0 spiro atoms. The van der Waals surface area contributed by atoms with Crippen LogP contribution in [-0.4, -0.2) is 23.9 Å². The first-order chi connectivity index (χ1) is 8.59. The molecule has 0 radical (unpaired) electrons. The van der Waals surface area contributed by atoms with Gasteiger partial charge in [0.1, 0.15) is 0 Å². The molecule has 0 heterocycles. The van der Waals surface area contributed by atoms with Crippen LogP contribution in [-0.2, 0) is 0 Å². The van der Waals surface area contributed by atoms with Gasteiger partial charge in [0.25, 0.3) is 5.91 Å². The minimum Gasteiger partial charge on any atom is -0.399 e. The van der Waals surface area contributed by atoms with E-state index in [4.69, 9.17) is 17.3 Å². The van der Waals surface area contributed by atoms with Crippen LogP contribution < -0.4 is 5.73 Å². The van der Waals surface area contributed by atoms with E-state index in [1.165, 1.54) is 19.3 Å². The lowest BCUT2D eigenvalue weighted by Crippen LogP contribution is -2.38. The number of carbonyl (C=O) groups is 1. The van der Waals surface area contributed by atoms with Crippen molar-refractivity contribution in [1.82, 2.24) is 4.90 Å². The van der Waals surface area contributed by atoms with Gasteiger partial charge < -0.3 is 10.6 Å². The van der Waals surface area contributed by atoms with Crippen molar-refractivity contribution in [1.29, 1.82) is 0 Å². The third kappa shape index (κ3) is 3.77. The molecule has 19 heavy (non-hydrogen) atoms. The molecule has 0 aromatic heterocycles. The molecule has 5 heteroatoms. The highest BCUT2D eigenvalue weighted by molar-refractivity contribution is 6.34. The van der Waals surface area contributed by atoms with E-state index in [2.05, 4.69) is 0 Å². The molecule has 0 unspecified atom stereocenters. The van der Waals surface area contributed by atoms with Gasteiger partial charge >= 0.3 is 0 Å². The summed E-state index contributed by atoms with van der Waals surface area (Å²) in [6, 6.07) is 5.40. The molecule has 2 N–H and O–H groups in total. The SMILES string of the molecule is CN(C(=O)c1ccc(N)cc1Cl)C1CCCCC1.Cl. The minimum atomic E-state index is -0.00750. The van der Waals surface area contributed by atoms with Gasteiger partial charge in [-0.2, -0.15) is 0 Å². The molecular formula is C14H20Cl2N2O. The molecule has 0 bridgehead atoms. The Bertz CT molecular complexity index is 445. The molecule has 0 aliphatic heterocycles. The zero-order valence-corrected chi connectivity index (χ0v) is 12.6. The molecule has 1 fully saturated rings. The number of hydrogen-bond acceptors (Lipinski definition) is 2. The molecule has 1 saturated carbocycles. The van der Waals surface area contributed by atoms with E-state index in [9.17, 15) is 4.79 Å². The second-order valence-electron chi connectivity index (χ2n) is 4.95. The zero-order valence-electron chi connectivity index (χ0n) is 11.1. The van der Waals surface area contributed by atoms with Crippen LogP contribution in [0.5, 0.6) is 0 Å². The predicted octanol–water partition coefficient (Wildman–Crippen LogP) is 3.75. The Kier molecular flexibility index (Phi) is 5.95. The molecule has 1 aromatic carbocycles. The van der Waals surface area contributed by atoms with Gasteiger partial charge in [0.05, 0.1) is 10.6 Å². The normalized spacial score (nSPS) is 15.7. The summed E-state index contributed by atoms with van der Waals surface area (Å²) in [4.78, 5) is 14.2. The topological polar surface area (TPSA) is 46.3 Å². The van der Waals surface area contributed by atoms with E-state index < -0.39 is 0 Å². The number of benzene rings is 1. The fourth-order valence-electron chi connectivity index (χ4n) is 2.53. The average molecular weight is 303 g/mol. The number of carbonyl (C=O) groups excluding carboxylic acids is 1. The molecule has 3 nitrogen and oxygen atoms in total. The van der Waals surface area contributed by atoms with Crippen molar-refractivity contribution in [3.63, 3.8) is 0 Å². The first-order valence-corrected chi connectivity index (χ1v) is 6.79. The van der Waals surface area contributed by atoms with Crippen LogP contribution in [0.15, 0.2) is 18.2 Å². The number of amides is 1. The summed E-state index contributed by atoms with van der Waals surface area (Å²) in [7, 11) is 1.87. The van der Waals surface area contributed by atoms with E-state index in [1.54, 1.807) is 18.2 Å². The van der Waals surface area contributed by atoms with Crippen LogP contribution in [0.3, 0.4) is 0 Å². The standard InChI is InChI=1S/C14H19ClN2O.ClH/c1-17(11-5-3-2-4-6-11)14(18)12-8-7-10(16)9-13(12)15;/h7-9,11H,2-6,16H2,1H3;1H. The summed E-state index contributed by atoms with van der Waals surface area (Å²) in [5.74, 6) is -0.00750. The van der Waals surface area contributed by atoms with E-state index in [-0.39, 0.29) is 18.3 Å². The van der Waals surface area contributed by atoms with E-state index in [0.29, 0.717) is 22.3 Å². The molecule has 1 aliphatic rings. The van der Waals surface area contributed by atoms with Crippen LogP contribution in [0, 0.1) is 0 Å². The Morgan fingerprint density at radius 2 is 1.95 bits per heavy atom. The maximum absolute atomic E-state index is 12.4. The summed E-state index contributed by atoms with van der Waals surface area (Å²) < 4.78 is 0. The third-order valence-corrected chi connectivity index (χ3v) is 3.98. The van der Waals surface area contributed by atoms with E-state index in [1.807, 2.05) is 11.9 Å². The lowest BCUT2D eigenvalue weighted by molar-refractivity contribution is 0.0696. The molecule has 106 valence electrons. The average Bonchev–Trinajstić information content (AvgIpc) is 2.38. The number of rotatable bonds is 2. The maximum atomic E-state index is 12.4. The number of halogens is 2.